The highest BCUT2D eigenvalue weighted by Gasteiger charge is 2.21. The molecule has 0 aliphatic rings. The summed E-state index contributed by atoms with van der Waals surface area (Å²) in [7, 11) is -0.882. The Morgan fingerprint density at radius 1 is 0.926 bits per heavy atom. The second kappa shape index (κ2) is 7.75. The van der Waals surface area contributed by atoms with Crippen LogP contribution < -0.4 is 9.47 Å². The van der Waals surface area contributed by atoms with Gasteiger partial charge < -0.3 is 9.47 Å². The van der Waals surface area contributed by atoms with Crippen molar-refractivity contribution >= 4 is 9.84 Å². The fourth-order valence-corrected chi connectivity index (χ4v) is 4.20. The summed E-state index contributed by atoms with van der Waals surface area (Å²) in [4.78, 5) is 3.96. The summed E-state index contributed by atoms with van der Waals surface area (Å²) in [5, 5.41) is 0. The standard InChI is InChI=1S/C20H18FNO4S/c1-25-18-6-3-15(4-7-18)16-9-14(11-22-12-16)13-27(23,24)20-10-17(21)5-8-19(20)26-2/h3-12H,13H2,1-2H3. The lowest BCUT2D eigenvalue weighted by Crippen LogP contribution is -2.08. The second-order valence-electron chi connectivity index (χ2n) is 5.86. The SMILES string of the molecule is COc1ccc(-c2cncc(CS(=O)(=O)c3cc(F)ccc3OC)c2)cc1. The van der Waals surface area contributed by atoms with Crippen LogP contribution in [0.15, 0.2) is 65.8 Å². The molecular weight excluding hydrogens is 369 g/mol. The average molecular weight is 387 g/mol. The first-order chi connectivity index (χ1) is 12.9. The number of rotatable bonds is 6. The molecule has 0 unspecified atom stereocenters. The maximum atomic E-state index is 13.6. The van der Waals surface area contributed by atoms with Gasteiger partial charge in [-0.1, -0.05) is 12.1 Å². The fourth-order valence-electron chi connectivity index (χ4n) is 2.70. The zero-order chi connectivity index (χ0) is 19.4. The normalized spacial score (nSPS) is 11.2. The van der Waals surface area contributed by atoms with Crippen LogP contribution >= 0.6 is 0 Å². The first kappa shape index (κ1) is 18.8. The van der Waals surface area contributed by atoms with Crippen LogP contribution in [0, 0.1) is 5.82 Å². The molecule has 1 aromatic heterocycles. The van der Waals surface area contributed by atoms with Crippen LogP contribution in [0.3, 0.4) is 0 Å². The van der Waals surface area contributed by atoms with Gasteiger partial charge in [0.1, 0.15) is 22.2 Å². The Hall–Kier alpha value is -2.93. The summed E-state index contributed by atoms with van der Waals surface area (Å²) in [6.07, 6.45) is 3.14. The molecule has 0 radical (unpaired) electrons. The molecule has 27 heavy (non-hydrogen) atoms. The van der Waals surface area contributed by atoms with Crippen molar-refractivity contribution in [3.05, 3.63) is 72.3 Å². The molecule has 5 nitrogen and oxygen atoms in total. The number of pyridine rings is 1. The molecular formula is C20H18FNO4S. The summed E-state index contributed by atoms with van der Waals surface area (Å²) in [6.45, 7) is 0. The van der Waals surface area contributed by atoms with Gasteiger partial charge in [0.25, 0.3) is 0 Å². The monoisotopic (exact) mass is 387 g/mol. The average Bonchev–Trinajstić information content (AvgIpc) is 2.68. The van der Waals surface area contributed by atoms with Crippen molar-refractivity contribution in [2.24, 2.45) is 0 Å². The number of hydrogen-bond donors (Lipinski definition) is 0. The van der Waals surface area contributed by atoms with Crippen molar-refractivity contribution in [2.45, 2.75) is 10.6 Å². The van der Waals surface area contributed by atoms with Gasteiger partial charge in [-0.15, -0.1) is 0 Å². The van der Waals surface area contributed by atoms with Crippen LogP contribution in [0.5, 0.6) is 11.5 Å². The van der Waals surface area contributed by atoms with E-state index in [4.69, 9.17) is 9.47 Å². The lowest BCUT2D eigenvalue weighted by Gasteiger charge is -2.10. The molecule has 0 spiro atoms. The Kier molecular flexibility index (Phi) is 5.41. The molecule has 0 aliphatic carbocycles. The van der Waals surface area contributed by atoms with Crippen molar-refractivity contribution < 1.29 is 22.3 Å². The van der Waals surface area contributed by atoms with E-state index in [2.05, 4.69) is 4.98 Å². The molecule has 7 heteroatoms. The second-order valence-corrected chi connectivity index (χ2v) is 7.82. The van der Waals surface area contributed by atoms with Crippen LogP contribution in [0.1, 0.15) is 5.56 Å². The van der Waals surface area contributed by atoms with E-state index in [0.717, 1.165) is 29.0 Å². The van der Waals surface area contributed by atoms with Gasteiger partial charge in [0, 0.05) is 18.0 Å². The third kappa shape index (κ3) is 4.25. The Labute approximate surface area is 157 Å². The summed E-state index contributed by atoms with van der Waals surface area (Å²) >= 11 is 0. The summed E-state index contributed by atoms with van der Waals surface area (Å²) in [6, 6.07) is 12.5. The number of sulfone groups is 1. The molecule has 3 rings (SSSR count). The minimum atomic E-state index is -3.81. The zero-order valence-corrected chi connectivity index (χ0v) is 15.7. The minimum absolute atomic E-state index is 0.107. The topological polar surface area (TPSA) is 65.5 Å². The highest BCUT2D eigenvalue weighted by Crippen LogP contribution is 2.29. The zero-order valence-electron chi connectivity index (χ0n) is 14.8. The van der Waals surface area contributed by atoms with Crippen LogP contribution in [-0.4, -0.2) is 27.6 Å². The molecule has 0 atom stereocenters. The van der Waals surface area contributed by atoms with E-state index in [1.54, 1.807) is 19.4 Å². The van der Waals surface area contributed by atoms with Gasteiger partial charge in [0.2, 0.25) is 0 Å². The maximum Gasteiger partial charge on any atom is 0.186 e. The molecule has 0 fully saturated rings. The van der Waals surface area contributed by atoms with E-state index in [9.17, 15) is 12.8 Å². The fraction of sp³-hybridized carbons (Fsp3) is 0.150. The van der Waals surface area contributed by atoms with Gasteiger partial charge in [-0.2, -0.15) is 0 Å². The number of ether oxygens (including phenoxy) is 2. The van der Waals surface area contributed by atoms with Crippen LogP contribution in [0.2, 0.25) is 0 Å². The van der Waals surface area contributed by atoms with E-state index in [1.807, 2.05) is 24.3 Å². The predicted octanol–water partition coefficient (Wildman–Crippen LogP) is 3.88. The molecule has 0 bridgehead atoms. The Morgan fingerprint density at radius 2 is 1.67 bits per heavy atom. The van der Waals surface area contributed by atoms with E-state index >= 15 is 0 Å². The Balaban J connectivity index is 1.92. The van der Waals surface area contributed by atoms with Gasteiger partial charge in [-0.05, 0) is 47.5 Å². The number of aromatic nitrogens is 1. The maximum absolute atomic E-state index is 13.6. The largest absolute Gasteiger partial charge is 0.497 e. The van der Waals surface area contributed by atoms with Crippen molar-refractivity contribution in [3.63, 3.8) is 0 Å². The van der Waals surface area contributed by atoms with Crippen LogP contribution in [0.4, 0.5) is 4.39 Å². The van der Waals surface area contributed by atoms with Gasteiger partial charge in [-0.25, -0.2) is 12.8 Å². The van der Waals surface area contributed by atoms with Gasteiger partial charge in [0.05, 0.1) is 20.0 Å². The minimum Gasteiger partial charge on any atom is -0.497 e. The highest BCUT2D eigenvalue weighted by atomic mass is 32.2. The third-order valence-corrected chi connectivity index (χ3v) is 5.74. The number of benzene rings is 2. The molecule has 0 saturated heterocycles. The van der Waals surface area contributed by atoms with Crippen LogP contribution in [-0.2, 0) is 15.6 Å². The quantitative estimate of drug-likeness (QED) is 0.642. The van der Waals surface area contributed by atoms with Crippen molar-refractivity contribution in [2.75, 3.05) is 14.2 Å². The smallest absolute Gasteiger partial charge is 0.186 e. The van der Waals surface area contributed by atoms with Crippen molar-refractivity contribution in [3.8, 4) is 22.6 Å². The van der Waals surface area contributed by atoms with Crippen molar-refractivity contribution in [1.29, 1.82) is 0 Å². The number of halogens is 1. The van der Waals surface area contributed by atoms with Crippen molar-refractivity contribution in [1.82, 2.24) is 4.98 Å². The molecule has 0 amide bonds. The highest BCUT2D eigenvalue weighted by molar-refractivity contribution is 7.90. The van der Waals surface area contributed by atoms with E-state index < -0.39 is 15.7 Å². The van der Waals surface area contributed by atoms with E-state index in [-0.39, 0.29) is 16.4 Å². The number of methoxy groups -OCH3 is 2. The number of nitrogens with zero attached hydrogens (tertiary/aromatic N) is 1. The lowest BCUT2D eigenvalue weighted by molar-refractivity contribution is 0.401. The van der Waals surface area contributed by atoms with Gasteiger partial charge >= 0.3 is 0 Å². The molecule has 2 aromatic carbocycles. The molecule has 3 aromatic rings. The third-order valence-electron chi connectivity index (χ3n) is 4.04. The molecule has 1 heterocycles. The molecule has 140 valence electrons. The first-order valence-corrected chi connectivity index (χ1v) is 9.73. The lowest BCUT2D eigenvalue weighted by atomic mass is 10.1. The first-order valence-electron chi connectivity index (χ1n) is 8.07. The number of hydrogen-bond acceptors (Lipinski definition) is 5. The van der Waals surface area contributed by atoms with Gasteiger partial charge in [-0.3, -0.25) is 4.98 Å². The summed E-state index contributed by atoms with van der Waals surface area (Å²) < 4.78 is 49.3. The van der Waals surface area contributed by atoms with E-state index in [1.165, 1.54) is 19.4 Å². The Morgan fingerprint density at radius 3 is 2.33 bits per heavy atom. The molecule has 0 saturated carbocycles. The summed E-state index contributed by atoms with van der Waals surface area (Å²) in [5.74, 6) is -0.122. The Bertz CT molecular complexity index is 1050. The predicted molar refractivity (Wildman–Crippen MR) is 100 cm³/mol. The summed E-state index contributed by atoms with van der Waals surface area (Å²) in [5.41, 5.74) is 2.15. The molecule has 0 aliphatic heterocycles. The molecule has 0 N–H and O–H groups in total. The van der Waals surface area contributed by atoms with E-state index in [0.29, 0.717) is 5.56 Å². The van der Waals surface area contributed by atoms with Crippen LogP contribution in [0.25, 0.3) is 11.1 Å². The van der Waals surface area contributed by atoms with Gasteiger partial charge in [0.15, 0.2) is 9.84 Å².